The van der Waals surface area contributed by atoms with Crippen LogP contribution in [-0.4, -0.2) is 9.55 Å². The van der Waals surface area contributed by atoms with Crippen LogP contribution in [-0.2, 0) is 13.5 Å². The van der Waals surface area contributed by atoms with E-state index < -0.39 is 0 Å². The molecule has 0 atom stereocenters. The van der Waals surface area contributed by atoms with E-state index in [4.69, 9.17) is 0 Å². The quantitative estimate of drug-likeness (QED) is 0.547. The predicted octanol–water partition coefficient (Wildman–Crippen LogP) is 1.69. The average Bonchev–Trinajstić information content (AvgIpc) is 2.30. The summed E-state index contributed by atoms with van der Waals surface area (Å²) in [6.07, 6.45) is 6.62. The summed E-state index contributed by atoms with van der Waals surface area (Å²) in [5, 5.41) is 0. The highest BCUT2D eigenvalue weighted by molar-refractivity contribution is 5.51. The fraction of sp³-hybridized carbons (Fsp3) is 0.444. The van der Waals surface area contributed by atoms with Crippen LogP contribution in [0.1, 0.15) is 23.6 Å². The molecule has 1 aromatic heterocycles. The molecule has 2 heteroatoms. The molecule has 0 bridgehead atoms. The third-order valence-electron chi connectivity index (χ3n) is 2.26. The Morgan fingerprint density at radius 1 is 1.55 bits per heavy atom. The highest BCUT2D eigenvalue weighted by Crippen LogP contribution is 2.18. The van der Waals surface area contributed by atoms with Crippen LogP contribution in [0.5, 0.6) is 0 Å². The number of imidazole rings is 1. The van der Waals surface area contributed by atoms with Crippen LogP contribution in [0.3, 0.4) is 0 Å². The van der Waals surface area contributed by atoms with Gasteiger partial charge in [-0.3, -0.25) is 0 Å². The zero-order valence-electron chi connectivity index (χ0n) is 6.96. The molecule has 2 rings (SSSR count). The maximum atomic E-state index is 4.46. The van der Waals surface area contributed by atoms with Crippen LogP contribution < -0.4 is 0 Å². The molecular formula is C9H12N2. The highest BCUT2D eigenvalue weighted by atomic mass is 15.1. The van der Waals surface area contributed by atoms with Crippen LogP contribution in [0.4, 0.5) is 0 Å². The Kier molecular flexibility index (Phi) is 1.34. The van der Waals surface area contributed by atoms with Crippen LogP contribution in [0.25, 0.3) is 6.08 Å². The van der Waals surface area contributed by atoms with E-state index in [-0.39, 0.29) is 0 Å². The molecule has 58 valence electrons. The first-order valence-corrected chi connectivity index (χ1v) is 3.98. The molecule has 11 heavy (non-hydrogen) atoms. The van der Waals surface area contributed by atoms with Crippen molar-refractivity contribution in [2.45, 2.75) is 19.8 Å². The molecule has 0 aliphatic heterocycles. The zero-order chi connectivity index (χ0) is 7.84. The number of rotatable bonds is 0. The molecule has 0 spiro atoms. The molecule has 0 fully saturated rings. The third-order valence-corrected chi connectivity index (χ3v) is 2.26. The van der Waals surface area contributed by atoms with E-state index in [2.05, 4.69) is 28.8 Å². The number of hydrogen-bond acceptors (Lipinski definition) is 1. The number of fused-ring (bicyclic) bond motifs is 1. The zero-order valence-corrected chi connectivity index (χ0v) is 6.96. The van der Waals surface area contributed by atoms with Gasteiger partial charge in [0.1, 0.15) is 5.82 Å². The first kappa shape index (κ1) is 6.65. The van der Waals surface area contributed by atoms with Crippen molar-refractivity contribution in [2.24, 2.45) is 7.05 Å². The van der Waals surface area contributed by atoms with Gasteiger partial charge in [-0.05, 0) is 25.8 Å². The summed E-state index contributed by atoms with van der Waals surface area (Å²) in [6, 6.07) is 0. The monoisotopic (exact) mass is 148 g/mol. The van der Waals surface area contributed by atoms with Gasteiger partial charge >= 0.3 is 0 Å². The lowest BCUT2D eigenvalue weighted by molar-refractivity contribution is 0.846. The number of allylic oxidation sites excluding steroid dienone is 1. The van der Waals surface area contributed by atoms with Gasteiger partial charge in [0.05, 0.1) is 11.4 Å². The molecule has 1 aliphatic rings. The van der Waals surface area contributed by atoms with E-state index in [0.717, 1.165) is 18.7 Å². The van der Waals surface area contributed by atoms with Crippen LogP contribution in [0.15, 0.2) is 6.08 Å². The van der Waals surface area contributed by atoms with Crippen molar-refractivity contribution in [1.82, 2.24) is 9.55 Å². The minimum atomic E-state index is 1.10. The molecule has 0 aromatic carbocycles. The van der Waals surface area contributed by atoms with Crippen LogP contribution >= 0.6 is 0 Å². The molecule has 0 N–H and O–H groups in total. The van der Waals surface area contributed by atoms with E-state index in [1.807, 2.05) is 6.92 Å². The minimum absolute atomic E-state index is 1.10. The topological polar surface area (TPSA) is 17.8 Å². The maximum Gasteiger partial charge on any atom is 0.106 e. The van der Waals surface area contributed by atoms with Crippen molar-refractivity contribution in [3.8, 4) is 0 Å². The first-order chi connectivity index (χ1) is 5.29. The van der Waals surface area contributed by atoms with Crippen molar-refractivity contribution in [3.05, 3.63) is 23.3 Å². The Morgan fingerprint density at radius 2 is 2.36 bits per heavy atom. The minimum Gasteiger partial charge on any atom is -0.332 e. The van der Waals surface area contributed by atoms with E-state index >= 15 is 0 Å². The summed E-state index contributed by atoms with van der Waals surface area (Å²) in [6.45, 7) is 2.05. The molecule has 0 radical (unpaired) electrons. The molecule has 1 aliphatic carbocycles. The van der Waals surface area contributed by atoms with E-state index in [0.29, 0.717) is 0 Å². The van der Waals surface area contributed by atoms with Gasteiger partial charge in [0.25, 0.3) is 0 Å². The summed E-state index contributed by atoms with van der Waals surface area (Å²) >= 11 is 0. The third kappa shape index (κ3) is 0.897. The SMILES string of the molecule is Cc1nc2c(n1C)C=CCC2. The maximum absolute atomic E-state index is 4.46. The molecule has 2 nitrogen and oxygen atoms in total. The van der Waals surface area contributed by atoms with Crippen molar-refractivity contribution in [3.63, 3.8) is 0 Å². The largest absolute Gasteiger partial charge is 0.332 e. The van der Waals surface area contributed by atoms with Gasteiger partial charge in [0, 0.05) is 7.05 Å². The van der Waals surface area contributed by atoms with Crippen molar-refractivity contribution in [2.75, 3.05) is 0 Å². The number of aryl methyl sites for hydroxylation is 2. The summed E-state index contributed by atoms with van der Waals surface area (Å²) in [4.78, 5) is 4.46. The normalized spacial score (nSPS) is 15.1. The lowest BCUT2D eigenvalue weighted by atomic mass is 10.1. The standard InChI is InChI=1S/C9H12N2/c1-7-10-8-5-3-4-6-9(8)11(7)2/h4,6H,3,5H2,1-2H3. The van der Waals surface area contributed by atoms with E-state index in [1.165, 1.54) is 11.4 Å². The Morgan fingerprint density at radius 3 is 3.09 bits per heavy atom. The van der Waals surface area contributed by atoms with Crippen LogP contribution in [0, 0.1) is 6.92 Å². The van der Waals surface area contributed by atoms with Gasteiger partial charge in [-0.25, -0.2) is 4.98 Å². The number of nitrogens with zero attached hydrogens (tertiary/aromatic N) is 2. The molecular weight excluding hydrogens is 136 g/mol. The number of aromatic nitrogens is 2. The van der Waals surface area contributed by atoms with Gasteiger partial charge in [0.15, 0.2) is 0 Å². The van der Waals surface area contributed by atoms with Gasteiger partial charge in [-0.15, -0.1) is 0 Å². The number of hydrogen-bond donors (Lipinski definition) is 0. The molecule has 0 amide bonds. The smallest absolute Gasteiger partial charge is 0.106 e. The van der Waals surface area contributed by atoms with E-state index in [9.17, 15) is 0 Å². The Balaban J connectivity index is 2.61. The molecule has 0 unspecified atom stereocenters. The van der Waals surface area contributed by atoms with Gasteiger partial charge < -0.3 is 4.57 Å². The summed E-state index contributed by atoms with van der Waals surface area (Å²) in [5.74, 6) is 1.11. The van der Waals surface area contributed by atoms with E-state index in [1.54, 1.807) is 0 Å². The van der Waals surface area contributed by atoms with Crippen LogP contribution in [0.2, 0.25) is 0 Å². The lowest BCUT2D eigenvalue weighted by Gasteiger charge is -2.04. The summed E-state index contributed by atoms with van der Waals surface area (Å²) in [7, 11) is 2.07. The predicted molar refractivity (Wildman–Crippen MR) is 45.3 cm³/mol. The summed E-state index contributed by atoms with van der Waals surface area (Å²) < 4.78 is 2.14. The van der Waals surface area contributed by atoms with Gasteiger partial charge in [0.2, 0.25) is 0 Å². The molecule has 1 heterocycles. The second-order valence-electron chi connectivity index (χ2n) is 2.99. The molecule has 0 saturated carbocycles. The molecule has 0 saturated heterocycles. The summed E-state index contributed by atoms with van der Waals surface area (Å²) in [5.41, 5.74) is 2.54. The fourth-order valence-electron chi connectivity index (χ4n) is 1.50. The second kappa shape index (κ2) is 2.22. The fourth-order valence-corrected chi connectivity index (χ4v) is 1.50. The van der Waals surface area contributed by atoms with Gasteiger partial charge in [-0.1, -0.05) is 6.08 Å². The van der Waals surface area contributed by atoms with Crippen molar-refractivity contribution < 1.29 is 0 Å². The Hall–Kier alpha value is -1.05. The Bertz CT molecular complexity index is 308. The first-order valence-electron chi connectivity index (χ1n) is 3.98. The highest BCUT2D eigenvalue weighted by Gasteiger charge is 2.10. The second-order valence-corrected chi connectivity index (χ2v) is 2.99. The average molecular weight is 148 g/mol. The van der Waals surface area contributed by atoms with Gasteiger partial charge in [-0.2, -0.15) is 0 Å². The Labute approximate surface area is 66.6 Å². The van der Waals surface area contributed by atoms with Crippen molar-refractivity contribution >= 4 is 6.08 Å². The van der Waals surface area contributed by atoms with Crippen molar-refractivity contribution in [1.29, 1.82) is 0 Å². The molecule has 1 aromatic rings. The lowest BCUT2D eigenvalue weighted by Crippen LogP contribution is -1.97.